The summed E-state index contributed by atoms with van der Waals surface area (Å²) >= 11 is 25.0. The van der Waals surface area contributed by atoms with Crippen LogP contribution in [0, 0.1) is 7.43 Å². The summed E-state index contributed by atoms with van der Waals surface area (Å²) in [5.41, 5.74) is 28.1. The Bertz CT molecular complexity index is 6140. The number of H-pyrrole nitrogens is 3. The third-order valence-corrected chi connectivity index (χ3v) is 23.4. The summed E-state index contributed by atoms with van der Waals surface area (Å²) in [6.07, 6.45) is 23.0. The van der Waals surface area contributed by atoms with E-state index in [9.17, 15) is 14.7 Å². The van der Waals surface area contributed by atoms with Gasteiger partial charge in [-0.1, -0.05) is 164 Å². The van der Waals surface area contributed by atoms with Crippen LogP contribution in [0.3, 0.4) is 0 Å². The molecule has 0 saturated heterocycles. The van der Waals surface area contributed by atoms with Gasteiger partial charge in [0.2, 0.25) is 17.2 Å². The number of nitrogens with one attached hydrogen (secondary N) is 4. The molecule has 3 aliphatic rings. The van der Waals surface area contributed by atoms with Crippen molar-refractivity contribution in [2.75, 3.05) is 43.7 Å². The summed E-state index contributed by atoms with van der Waals surface area (Å²) in [4.78, 5) is 62.3. The molecule has 29 heteroatoms. The van der Waals surface area contributed by atoms with Gasteiger partial charge >= 0.3 is 30.8 Å². The second kappa shape index (κ2) is 41.2. The molecule has 9 aromatic heterocycles. The summed E-state index contributed by atoms with van der Waals surface area (Å²) in [6, 6.07) is 38.2. The van der Waals surface area contributed by atoms with E-state index in [0.29, 0.717) is 46.2 Å². The molecule has 123 heavy (non-hydrogen) atoms. The number of esters is 2. The molecular weight excluding hydrogens is 1650 g/mol. The van der Waals surface area contributed by atoms with Crippen molar-refractivity contribution in [1.82, 2.24) is 79.5 Å². The predicted molar refractivity (Wildman–Crippen MR) is 495 cm³/mol. The SMILES string of the molecule is C.C.CCc1cccc(CC)c1-n1nc2c(c1-c1ccc(Cl)c3[nH]ccc13)CN(c1ncc(C(=O)OC)cn1)CC2.CCc1cccc(CC)c1-n1nc2c(c1-c1ccc(Cl)c3[nH]ccc13)CN(c1ncc(C(C)(C)O)cn1)CC2.CCc1cccc(CC)c1-n1nc2c(c1-c1ccc(Cl)c3[nH]ccc13)CNCC2.COC(=O)c1cnc(Cl)nc1.Cl.[CH3-].[Li+]. The number of ether oxygens (including phenoxy) is 2. The average Bonchev–Trinajstić information content (AvgIpc) is 1.60. The normalized spacial score (nSPS) is 12.6. The smallest absolute Gasteiger partial charge is 0.465 e. The van der Waals surface area contributed by atoms with Gasteiger partial charge in [-0.15, -0.1) is 12.4 Å². The largest absolute Gasteiger partial charge is 1.00 e. The second-order valence-corrected chi connectivity index (χ2v) is 31.2. The fourth-order valence-corrected chi connectivity index (χ4v) is 16.9. The number of aromatic amines is 3. The van der Waals surface area contributed by atoms with Gasteiger partial charge in [-0.2, -0.15) is 15.3 Å². The van der Waals surface area contributed by atoms with Crippen LogP contribution >= 0.6 is 58.8 Å². The van der Waals surface area contributed by atoms with E-state index in [1.165, 1.54) is 112 Å². The number of carbonyl (C=O) groups excluding carboxylic acids is 2. The van der Waals surface area contributed by atoms with Crippen molar-refractivity contribution in [3.05, 3.63) is 277 Å². The fourth-order valence-electron chi connectivity index (χ4n) is 16.2. The van der Waals surface area contributed by atoms with Crippen molar-refractivity contribution in [3.63, 3.8) is 0 Å². The minimum Gasteiger partial charge on any atom is -0.465 e. The summed E-state index contributed by atoms with van der Waals surface area (Å²) in [5, 5.41) is 35.1. The molecule has 0 unspecified atom stereocenters. The van der Waals surface area contributed by atoms with Gasteiger partial charge in [-0.3, -0.25) is 0 Å². The third-order valence-electron chi connectivity index (χ3n) is 22.3. The number of carbonyl (C=O) groups is 2. The first-order valence-electron chi connectivity index (χ1n) is 39.9. The Morgan fingerprint density at radius 1 is 0.455 bits per heavy atom. The number of rotatable bonds is 17. The number of aliphatic hydroxyl groups is 1. The number of fused-ring (bicyclic) bond motifs is 6. The molecule has 0 amide bonds. The Hall–Kier alpha value is -10.7. The van der Waals surface area contributed by atoms with Gasteiger partial charge in [0.05, 0.1) is 114 Å². The maximum atomic E-state index is 11.9. The zero-order chi connectivity index (χ0) is 82.6. The van der Waals surface area contributed by atoms with Crippen molar-refractivity contribution in [1.29, 1.82) is 0 Å². The minimum atomic E-state index is -0.984. The molecule has 0 atom stereocenters. The van der Waals surface area contributed by atoms with Crippen LogP contribution in [0.4, 0.5) is 11.9 Å². The summed E-state index contributed by atoms with van der Waals surface area (Å²) < 4.78 is 15.8. The van der Waals surface area contributed by atoms with E-state index in [1.54, 1.807) is 26.2 Å². The number of anilines is 2. The Labute approximate surface area is 756 Å². The van der Waals surface area contributed by atoms with Gasteiger partial charge in [-0.05, 0) is 134 Å². The number of hydrogen-bond acceptors (Lipinski definition) is 17. The van der Waals surface area contributed by atoms with Crippen LogP contribution in [0.1, 0.15) is 164 Å². The maximum Gasteiger partial charge on any atom is 1.00 e. The van der Waals surface area contributed by atoms with Crippen LogP contribution < -0.4 is 34.0 Å². The zero-order valence-electron chi connectivity index (χ0n) is 70.0. The molecule has 15 aromatic rings. The van der Waals surface area contributed by atoms with E-state index in [0.717, 1.165) is 167 Å². The quantitative estimate of drug-likeness (QED) is 0.0245. The number of nitrogens with zero attached hydrogens (tertiary/aromatic N) is 14. The van der Waals surface area contributed by atoms with Crippen molar-refractivity contribution in [3.8, 4) is 50.8 Å². The first kappa shape index (κ1) is 94.6. The molecule has 18 rings (SSSR count). The van der Waals surface area contributed by atoms with Crippen molar-refractivity contribution >= 4 is 115 Å². The molecule has 5 N–H and O–H groups in total. The van der Waals surface area contributed by atoms with Gasteiger partial charge in [0, 0.05) is 169 Å². The third kappa shape index (κ3) is 18.9. The van der Waals surface area contributed by atoms with Crippen LogP contribution in [-0.4, -0.2) is 125 Å². The van der Waals surface area contributed by atoms with E-state index in [-0.39, 0.29) is 64.4 Å². The molecule has 0 bridgehead atoms. The molecule has 3 aliphatic heterocycles. The summed E-state index contributed by atoms with van der Waals surface area (Å²) in [5.74, 6) is 0.295. The Balaban J connectivity index is 0.000000180. The fraction of sp³-hybridized carbons (Fsp3) is 0.298. The number of benzene rings is 6. The average molecular weight is 1750 g/mol. The van der Waals surface area contributed by atoms with E-state index < -0.39 is 17.5 Å². The van der Waals surface area contributed by atoms with Gasteiger partial charge in [-0.25, -0.2) is 53.5 Å². The van der Waals surface area contributed by atoms with Crippen LogP contribution in [0.15, 0.2) is 165 Å². The van der Waals surface area contributed by atoms with E-state index in [2.05, 4.69) is 211 Å². The molecule has 6 aromatic carbocycles. The topological polar surface area (TPSA) is 270 Å². The van der Waals surface area contributed by atoms with Crippen molar-refractivity contribution in [2.24, 2.45) is 0 Å². The van der Waals surface area contributed by atoms with Crippen LogP contribution in [-0.2, 0) is 92.5 Å². The summed E-state index contributed by atoms with van der Waals surface area (Å²) in [6.45, 7) is 21.2. The van der Waals surface area contributed by atoms with Crippen LogP contribution in [0.25, 0.3) is 83.5 Å². The van der Waals surface area contributed by atoms with Gasteiger partial charge in [0.1, 0.15) is 0 Å². The van der Waals surface area contributed by atoms with Crippen LogP contribution in [0.5, 0.6) is 0 Å². The Morgan fingerprint density at radius 2 is 0.772 bits per heavy atom. The molecule has 23 nitrogen and oxygen atoms in total. The minimum absolute atomic E-state index is 0. The first-order chi connectivity index (χ1) is 57.3. The van der Waals surface area contributed by atoms with Crippen molar-refractivity contribution < 1.29 is 43.0 Å². The Morgan fingerprint density at radius 3 is 1.10 bits per heavy atom. The van der Waals surface area contributed by atoms with Gasteiger partial charge < -0.3 is 52.1 Å². The molecule has 0 aliphatic carbocycles. The molecule has 0 saturated carbocycles. The van der Waals surface area contributed by atoms with Gasteiger partial charge in [0.25, 0.3) is 0 Å². The monoisotopic (exact) mass is 1750 g/mol. The number of aryl methyl sites for hydroxylation is 6. The zero-order valence-corrected chi connectivity index (χ0v) is 73.8. The maximum absolute atomic E-state index is 11.9. The Kier molecular flexibility index (Phi) is 31.7. The van der Waals surface area contributed by atoms with E-state index in [1.807, 2.05) is 36.8 Å². The number of aromatic nitrogens is 15. The number of para-hydroxylation sites is 3. The molecule has 0 radical (unpaired) electrons. The molecular formula is C94H104Cl5LiN18O5. The molecule has 0 spiro atoms. The number of hydrogen-bond donors (Lipinski definition) is 5. The first-order valence-corrected chi connectivity index (χ1v) is 41.5. The van der Waals surface area contributed by atoms with Crippen molar-refractivity contribution in [2.45, 2.75) is 153 Å². The number of halogens is 5. The molecule has 0 fully saturated rings. The van der Waals surface area contributed by atoms with Crippen LogP contribution in [0.2, 0.25) is 20.4 Å². The van der Waals surface area contributed by atoms with Gasteiger partial charge in [0.15, 0.2) is 0 Å². The second-order valence-electron chi connectivity index (χ2n) is 29.6. The molecule has 12 heterocycles. The van der Waals surface area contributed by atoms with E-state index in [4.69, 9.17) is 66.4 Å². The standard InChI is InChI=1S/C31H33ClN6O.C30H29ClN6O2.C24H25ClN4.C6H5ClN2O2.2CH4.CH3.ClH.Li/c1-5-19-8-7-9-20(6-2)28(19)38-29(23-10-11-25(32)27-22(23)12-14-33-27)24-18-37(15-13-26(24)36-38)30-34-16-21(17-35-30)31(3,4)39;1-4-18-7-6-8-19(5-2)27(18)37-28(22-9-10-24(31)26-21(22)11-13-32-26)23-17-36(14-12-25(23)35-37)30-33-15-20(16-34-30)29(38)39-3;1-3-15-6-5-7-16(4-2)23(15)29-24(19-14-26-12-11-21(19)28-29)18-8-9-20(25)22-17(18)10-13-27-22;1-11-5(10)4-2-8-6(7)9-3-4;;;;;/h7-12,14,16-17,33,39H,5-6,13,15,18H2,1-4H3;6-11,13,15-16,32H,4-5,12,14,17H2,1-3H3;5-10,13,26-27H,3-4,11-12,14H2,1-2H3;2-3H,1H3;2*1H4;1H3;1H;/q;;;;;;-1;;+1. The molecule has 636 valence electrons. The number of methoxy groups -OCH3 is 2. The van der Waals surface area contributed by atoms with E-state index >= 15 is 0 Å². The predicted octanol–water partition coefficient (Wildman–Crippen LogP) is 17.8. The summed E-state index contributed by atoms with van der Waals surface area (Å²) in [7, 11) is 2.64.